The van der Waals surface area contributed by atoms with Gasteiger partial charge in [-0.15, -0.1) is 0 Å². The molecule has 7 heteroatoms. The minimum atomic E-state index is -2.96. The topological polar surface area (TPSA) is 91.8 Å². The molecule has 0 aliphatic carbocycles. The van der Waals surface area contributed by atoms with Crippen molar-refractivity contribution in [3.63, 3.8) is 0 Å². The lowest BCUT2D eigenvalue weighted by Gasteiger charge is -2.17. The number of aliphatic carboxylic acids is 1. The summed E-state index contributed by atoms with van der Waals surface area (Å²) in [6.07, 6.45) is 0.626. The molecular weight excluding hydrogens is 246 g/mol. The zero-order valence-corrected chi connectivity index (χ0v) is 10.6. The van der Waals surface area contributed by atoms with Gasteiger partial charge in [0.15, 0.2) is 9.84 Å². The van der Waals surface area contributed by atoms with E-state index in [0.29, 0.717) is 6.42 Å². The van der Waals surface area contributed by atoms with E-state index in [1.165, 1.54) is 11.9 Å². The van der Waals surface area contributed by atoms with Crippen molar-refractivity contribution in [2.45, 2.75) is 19.3 Å². The molecular formula is C10H17NO5S. The summed E-state index contributed by atoms with van der Waals surface area (Å²) in [5.74, 6) is -1.02. The molecule has 1 amide bonds. The van der Waals surface area contributed by atoms with Crippen molar-refractivity contribution >= 4 is 21.7 Å². The molecule has 0 radical (unpaired) electrons. The van der Waals surface area contributed by atoms with E-state index >= 15 is 0 Å². The van der Waals surface area contributed by atoms with Crippen LogP contribution in [0.5, 0.6) is 0 Å². The van der Waals surface area contributed by atoms with Crippen LogP contribution in [-0.4, -0.2) is 55.4 Å². The highest BCUT2D eigenvalue weighted by atomic mass is 32.2. The van der Waals surface area contributed by atoms with Crippen molar-refractivity contribution in [2.75, 3.05) is 25.1 Å². The van der Waals surface area contributed by atoms with Crippen molar-refractivity contribution in [1.29, 1.82) is 0 Å². The standard InChI is InChI=1S/C10H17NO5S/c1-11(4-2-10(13)14)9(12)6-8-3-5-17(15,16)7-8/h8H,2-7H2,1H3,(H,13,14). The predicted octanol–water partition coefficient (Wildman–Crippen LogP) is -0.256. The first kappa shape index (κ1) is 14.0. The second-order valence-corrected chi connectivity index (χ2v) is 6.66. The van der Waals surface area contributed by atoms with Crippen molar-refractivity contribution < 1.29 is 23.1 Å². The Labute approximate surface area is 101 Å². The maximum atomic E-state index is 11.7. The summed E-state index contributed by atoms with van der Waals surface area (Å²) in [7, 11) is -1.42. The normalized spacial score (nSPS) is 22.3. The first-order valence-electron chi connectivity index (χ1n) is 5.46. The van der Waals surface area contributed by atoms with Gasteiger partial charge in [-0.1, -0.05) is 0 Å². The summed E-state index contributed by atoms with van der Waals surface area (Å²) in [6.45, 7) is 0.160. The molecule has 1 atom stereocenters. The zero-order valence-electron chi connectivity index (χ0n) is 9.76. The van der Waals surface area contributed by atoms with Gasteiger partial charge in [-0.05, 0) is 12.3 Å². The second-order valence-electron chi connectivity index (χ2n) is 4.43. The van der Waals surface area contributed by atoms with E-state index in [4.69, 9.17) is 5.11 Å². The van der Waals surface area contributed by atoms with Gasteiger partial charge in [0.2, 0.25) is 5.91 Å². The van der Waals surface area contributed by atoms with Crippen LogP contribution in [0.25, 0.3) is 0 Å². The molecule has 1 aliphatic rings. The SMILES string of the molecule is CN(CCC(=O)O)C(=O)CC1CCS(=O)(=O)C1. The zero-order chi connectivity index (χ0) is 13.1. The van der Waals surface area contributed by atoms with E-state index < -0.39 is 15.8 Å². The van der Waals surface area contributed by atoms with Gasteiger partial charge in [0.25, 0.3) is 0 Å². The monoisotopic (exact) mass is 263 g/mol. The molecule has 1 aliphatic heterocycles. The van der Waals surface area contributed by atoms with Crippen LogP contribution in [0.2, 0.25) is 0 Å². The Bertz CT molecular complexity index is 403. The van der Waals surface area contributed by atoms with Crippen LogP contribution >= 0.6 is 0 Å². The molecule has 1 fully saturated rings. The number of carboxylic acid groups (broad SMARTS) is 1. The number of hydrogen-bond acceptors (Lipinski definition) is 4. The minimum absolute atomic E-state index is 0.0749. The molecule has 0 aromatic rings. The van der Waals surface area contributed by atoms with E-state index in [-0.39, 0.29) is 42.7 Å². The maximum Gasteiger partial charge on any atom is 0.305 e. The van der Waals surface area contributed by atoms with E-state index in [9.17, 15) is 18.0 Å². The lowest BCUT2D eigenvalue weighted by atomic mass is 10.0. The van der Waals surface area contributed by atoms with Crippen molar-refractivity contribution in [3.05, 3.63) is 0 Å². The third-order valence-electron chi connectivity index (χ3n) is 2.88. The number of hydrogen-bond donors (Lipinski definition) is 1. The Balaban J connectivity index is 2.37. The van der Waals surface area contributed by atoms with Crippen LogP contribution in [0.3, 0.4) is 0 Å². The summed E-state index contributed by atoms with van der Waals surface area (Å²) >= 11 is 0. The van der Waals surface area contributed by atoms with Crippen molar-refractivity contribution in [2.24, 2.45) is 5.92 Å². The summed E-state index contributed by atoms with van der Waals surface area (Å²) in [5.41, 5.74) is 0. The highest BCUT2D eigenvalue weighted by molar-refractivity contribution is 7.91. The molecule has 1 unspecified atom stereocenters. The van der Waals surface area contributed by atoms with Crippen LogP contribution in [0.4, 0.5) is 0 Å². The number of sulfone groups is 1. The Morgan fingerprint density at radius 2 is 2.06 bits per heavy atom. The van der Waals surface area contributed by atoms with Gasteiger partial charge in [0.05, 0.1) is 17.9 Å². The average Bonchev–Trinajstić information content (AvgIpc) is 2.54. The molecule has 17 heavy (non-hydrogen) atoms. The number of carboxylic acids is 1. The lowest BCUT2D eigenvalue weighted by molar-refractivity contribution is -0.138. The fourth-order valence-corrected chi connectivity index (χ4v) is 3.69. The fraction of sp³-hybridized carbons (Fsp3) is 0.800. The van der Waals surface area contributed by atoms with Gasteiger partial charge in [0.1, 0.15) is 0 Å². The van der Waals surface area contributed by atoms with Gasteiger partial charge in [-0.2, -0.15) is 0 Å². The van der Waals surface area contributed by atoms with Crippen LogP contribution in [-0.2, 0) is 19.4 Å². The molecule has 98 valence electrons. The molecule has 0 saturated carbocycles. The Hall–Kier alpha value is -1.11. The second kappa shape index (κ2) is 5.48. The van der Waals surface area contributed by atoms with E-state index in [2.05, 4.69) is 0 Å². The fourth-order valence-electron chi connectivity index (χ4n) is 1.82. The van der Waals surface area contributed by atoms with E-state index in [0.717, 1.165) is 0 Å². The summed E-state index contributed by atoms with van der Waals surface area (Å²) in [6, 6.07) is 0. The molecule has 0 spiro atoms. The predicted molar refractivity (Wildman–Crippen MR) is 61.3 cm³/mol. The van der Waals surface area contributed by atoms with Gasteiger partial charge in [0, 0.05) is 20.0 Å². The Morgan fingerprint density at radius 1 is 1.41 bits per heavy atom. The lowest BCUT2D eigenvalue weighted by Crippen LogP contribution is -2.30. The first-order chi connectivity index (χ1) is 7.80. The minimum Gasteiger partial charge on any atom is -0.481 e. The number of carbonyl (C=O) groups excluding carboxylic acids is 1. The molecule has 1 N–H and O–H groups in total. The number of carbonyl (C=O) groups is 2. The first-order valence-corrected chi connectivity index (χ1v) is 7.28. The third-order valence-corrected chi connectivity index (χ3v) is 4.71. The Morgan fingerprint density at radius 3 is 2.53 bits per heavy atom. The molecule has 0 aromatic heterocycles. The Kier molecular flexibility index (Phi) is 4.50. The van der Waals surface area contributed by atoms with Crippen molar-refractivity contribution in [1.82, 2.24) is 4.90 Å². The smallest absolute Gasteiger partial charge is 0.305 e. The number of nitrogens with zero attached hydrogens (tertiary/aromatic N) is 1. The van der Waals surface area contributed by atoms with Gasteiger partial charge < -0.3 is 10.0 Å². The average molecular weight is 263 g/mol. The summed E-state index contributed by atoms with van der Waals surface area (Å²) < 4.78 is 22.4. The number of amides is 1. The molecule has 1 saturated heterocycles. The molecule has 1 rings (SSSR count). The van der Waals surface area contributed by atoms with Crippen LogP contribution in [0.1, 0.15) is 19.3 Å². The van der Waals surface area contributed by atoms with Crippen molar-refractivity contribution in [3.8, 4) is 0 Å². The summed E-state index contributed by atoms with van der Waals surface area (Å²) in [4.78, 5) is 23.3. The van der Waals surface area contributed by atoms with Gasteiger partial charge >= 0.3 is 5.97 Å². The summed E-state index contributed by atoms with van der Waals surface area (Å²) in [5, 5.41) is 8.48. The quantitative estimate of drug-likeness (QED) is 0.738. The highest BCUT2D eigenvalue weighted by Gasteiger charge is 2.30. The van der Waals surface area contributed by atoms with Gasteiger partial charge in [-0.25, -0.2) is 8.42 Å². The van der Waals surface area contributed by atoms with Crippen LogP contribution < -0.4 is 0 Å². The molecule has 0 bridgehead atoms. The van der Waals surface area contributed by atoms with Crippen LogP contribution in [0.15, 0.2) is 0 Å². The van der Waals surface area contributed by atoms with Gasteiger partial charge in [-0.3, -0.25) is 9.59 Å². The van der Waals surface area contributed by atoms with E-state index in [1.807, 2.05) is 0 Å². The third kappa shape index (κ3) is 4.72. The molecule has 0 aromatic carbocycles. The highest BCUT2D eigenvalue weighted by Crippen LogP contribution is 2.22. The van der Waals surface area contributed by atoms with Crippen LogP contribution in [0, 0.1) is 5.92 Å². The molecule has 6 nitrogen and oxygen atoms in total. The largest absolute Gasteiger partial charge is 0.481 e. The number of rotatable bonds is 5. The maximum absolute atomic E-state index is 11.7. The molecule has 1 heterocycles. The van der Waals surface area contributed by atoms with E-state index in [1.54, 1.807) is 0 Å².